The number of pyridine rings is 1. The average molecular weight is 295 g/mol. The maximum absolute atomic E-state index is 13.2. The quantitative estimate of drug-likeness (QED) is 0.688. The fraction of sp³-hybridized carbons (Fsp3) is 0.167. The summed E-state index contributed by atoms with van der Waals surface area (Å²) in [5, 5.41) is 0.908. The predicted octanol–water partition coefficient (Wildman–Crippen LogP) is 3.45. The van der Waals surface area contributed by atoms with Crippen LogP contribution in [0.1, 0.15) is 12.5 Å². The van der Waals surface area contributed by atoms with Gasteiger partial charge in [0, 0.05) is 17.5 Å². The Hall–Kier alpha value is -2.62. The van der Waals surface area contributed by atoms with Crippen LogP contribution in [0.2, 0.25) is 0 Å². The SMILES string of the molecule is CC1Cc2c(c3ccccc3n(-c3ccc(F)cc3)c2=O)O1. The van der Waals surface area contributed by atoms with Gasteiger partial charge in [-0.15, -0.1) is 0 Å². The summed E-state index contributed by atoms with van der Waals surface area (Å²) in [7, 11) is 0. The molecule has 1 atom stereocenters. The highest BCUT2D eigenvalue weighted by Crippen LogP contribution is 2.34. The van der Waals surface area contributed by atoms with Crippen molar-refractivity contribution in [3.63, 3.8) is 0 Å². The molecular weight excluding hydrogens is 281 g/mol. The van der Waals surface area contributed by atoms with Gasteiger partial charge in [-0.2, -0.15) is 0 Å². The molecule has 0 fully saturated rings. The molecule has 1 aromatic heterocycles. The summed E-state index contributed by atoms with van der Waals surface area (Å²) in [5.74, 6) is 0.366. The van der Waals surface area contributed by atoms with E-state index < -0.39 is 0 Å². The first-order valence-electron chi connectivity index (χ1n) is 7.24. The largest absolute Gasteiger partial charge is 0.489 e. The highest BCUT2D eigenvalue weighted by atomic mass is 19.1. The van der Waals surface area contributed by atoms with E-state index in [0.29, 0.717) is 23.4 Å². The van der Waals surface area contributed by atoms with E-state index >= 15 is 0 Å². The van der Waals surface area contributed by atoms with Crippen molar-refractivity contribution in [1.82, 2.24) is 4.57 Å². The monoisotopic (exact) mass is 295 g/mol. The molecule has 22 heavy (non-hydrogen) atoms. The zero-order chi connectivity index (χ0) is 15.3. The van der Waals surface area contributed by atoms with Gasteiger partial charge in [-0.05, 0) is 43.3 Å². The summed E-state index contributed by atoms with van der Waals surface area (Å²) >= 11 is 0. The molecule has 1 aliphatic heterocycles. The van der Waals surface area contributed by atoms with Gasteiger partial charge in [0.05, 0.1) is 11.1 Å². The number of rotatable bonds is 1. The molecule has 110 valence electrons. The van der Waals surface area contributed by atoms with E-state index in [1.54, 1.807) is 16.7 Å². The molecule has 1 unspecified atom stereocenters. The molecule has 0 spiro atoms. The summed E-state index contributed by atoms with van der Waals surface area (Å²) in [4.78, 5) is 12.9. The van der Waals surface area contributed by atoms with Gasteiger partial charge in [-0.25, -0.2) is 4.39 Å². The summed E-state index contributed by atoms with van der Waals surface area (Å²) in [6, 6.07) is 13.6. The van der Waals surface area contributed by atoms with E-state index in [9.17, 15) is 9.18 Å². The molecule has 0 saturated carbocycles. The van der Waals surface area contributed by atoms with Crippen LogP contribution in [-0.2, 0) is 6.42 Å². The molecule has 0 amide bonds. The van der Waals surface area contributed by atoms with Crippen LogP contribution < -0.4 is 10.3 Å². The van der Waals surface area contributed by atoms with Crippen LogP contribution in [0.5, 0.6) is 5.75 Å². The molecule has 3 nitrogen and oxygen atoms in total. The molecular formula is C18H14FNO2. The second-order valence-corrected chi connectivity index (χ2v) is 5.57. The number of nitrogens with zero attached hydrogens (tertiary/aromatic N) is 1. The van der Waals surface area contributed by atoms with E-state index in [2.05, 4.69) is 0 Å². The van der Waals surface area contributed by atoms with E-state index in [-0.39, 0.29) is 17.5 Å². The molecule has 1 aliphatic rings. The maximum atomic E-state index is 13.2. The normalized spacial score (nSPS) is 16.5. The third-order valence-corrected chi connectivity index (χ3v) is 4.02. The van der Waals surface area contributed by atoms with E-state index in [1.807, 2.05) is 31.2 Å². The number of benzene rings is 2. The van der Waals surface area contributed by atoms with Crippen LogP contribution in [0.4, 0.5) is 4.39 Å². The Balaban J connectivity index is 2.11. The molecule has 0 aliphatic carbocycles. The smallest absolute Gasteiger partial charge is 0.262 e. The second-order valence-electron chi connectivity index (χ2n) is 5.57. The molecule has 0 N–H and O–H groups in total. The fourth-order valence-corrected chi connectivity index (χ4v) is 3.06. The fourth-order valence-electron chi connectivity index (χ4n) is 3.06. The highest BCUT2D eigenvalue weighted by Gasteiger charge is 2.27. The number of para-hydroxylation sites is 1. The van der Waals surface area contributed by atoms with Crippen molar-refractivity contribution in [2.75, 3.05) is 0 Å². The summed E-state index contributed by atoms with van der Waals surface area (Å²) < 4.78 is 20.7. The first kappa shape index (κ1) is 13.1. The first-order valence-corrected chi connectivity index (χ1v) is 7.24. The van der Waals surface area contributed by atoms with Crippen LogP contribution in [-0.4, -0.2) is 10.7 Å². The lowest BCUT2D eigenvalue weighted by Gasteiger charge is -2.13. The molecule has 3 aromatic rings. The van der Waals surface area contributed by atoms with Gasteiger partial charge < -0.3 is 4.74 Å². The van der Waals surface area contributed by atoms with Gasteiger partial charge in [0.15, 0.2) is 0 Å². The summed E-state index contributed by atoms with van der Waals surface area (Å²) in [6.07, 6.45) is 0.593. The van der Waals surface area contributed by atoms with Crippen LogP contribution in [0.15, 0.2) is 53.3 Å². The van der Waals surface area contributed by atoms with Crippen molar-refractivity contribution >= 4 is 10.9 Å². The Morgan fingerprint density at radius 1 is 1.14 bits per heavy atom. The van der Waals surface area contributed by atoms with Gasteiger partial charge in [-0.3, -0.25) is 9.36 Å². The molecule has 0 bridgehead atoms. The van der Waals surface area contributed by atoms with Crippen LogP contribution in [0.3, 0.4) is 0 Å². The number of aromatic nitrogens is 1. The average Bonchev–Trinajstić information content (AvgIpc) is 2.92. The predicted molar refractivity (Wildman–Crippen MR) is 83.3 cm³/mol. The van der Waals surface area contributed by atoms with Gasteiger partial charge >= 0.3 is 0 Å². The molecule has 2 aromatic carbocycles. The minimum Gasteiger partial charge on any atom is -0.489 e. The topological polar surface area (TPSA) is 31.2 Å². The second kappa shape index (κ2) is 4.70. The number of halogens is 1. The summed E-state index contributed by atoms with van der Waals surface area (Å²) in [5.41, 5.74) is 2.03. The van der Waals surface area contributed by atoms with Crippen LogP contribution >= 0.6 is 0 Å². The maximum Gasteiger partial charge on any atom is 0.262 e. The minimum atomic E-state index is -0.320. The van der Waals surface area contributed by atoms with E-state index in [1.165, 1.54) is 12.1 Å². The molecule has 2 heterocycles. The van der Waals surface area contributed by atoms with Crippen molar-refractivity contribution in [3.8, 4) is 11.4 Å². The third-order valence-electron chi connectivity index (χ3n) is 4.02. The first-order chi connectivity index (χ1) is 10.6. The van der Waals surface area contributed by atoms with E-state index in [0.717, 1.165) is 10.9 Å². The van der Waals surface area contributed by atoms with Crippen molar-refractivity contribution in [1.29, 1.82) is 0 Å². The lowest BCUT2D eigenvalue weighted by atomic mass is 10.1. The van der Waals surface area contributed by atoms with Crippen molar-refractivity contribution < 1.29 is 9.13 Å². The van der Waals surface area contributed by atoms with Gasteiger partial charge in [-0.1, -0.05) is 12.1 Å². The number of hydrogen-bond acceptors (Lipinski definition) is 2. The third kappa shape index (κ3) is 1.84. The molecule has 0 radical (unpaired) electrons. The Morgan fingerprint density at radius 2 is 1.86 bits per heavy atom. The van der Waals surface area contributed by atoms with E-state index in [4.69, 9.17) is 4.74 Å². The lowest BCUT2D eigenvalue weighted by Crippen LogP contribution is -2.22. The number of ether oxygens (including phenoxy) is 1. The van der Waals surface area contributed by atoms with Crippen molar-refractivity contribution in [3.05, 3.63) is 70.3 Å². The molecule has 4 heteroatoms. The van der Waals surface area contributed by atoms with Crippen molar-refractivity contribution in [2.24, 2.45) is 0 Å². The zero-order valence-corrected chi connectivity index (χ0v) is 12.0. The van der Waals surface area contributed by atoms with Crippen LogP contribution in [0.25, 0.3) is 16.6 Å². The zero-order valence-electron chi connectivity index (χ0n) is 12.0. The minimum absolute atomic E-state index is 0.00447. The number of fused-ring (bicyclic) bond motifs is 3. The van der Waals surface area contributed by atoms with Crippen molar-refractivity contribution in [2.45, 2.75) is 19.4 Å². The Bertz CT molecular complexity index is 928. The molecule has 4 rings (SSSR count). The Labute approximate surface area is 126 Å². The van der Waals surface area contributed by atoms with Gasteiger partial charge in [0.2, 0.25) is 0 Å². The van der Waals surface area contributed by atoms with Gasteiger partial charge in [0.25, 0.3) is 5.56 Å². The van der Waals surface area contributed by atoms with Crippen LogP contribution in [0, 0.1) is 5.82 Å². The Kier molecular flexibility index (Phi) is 2.79. The van der Waals surface area contributed by atoms with Gasteiger partial charge in [0.1, 0.15) is 17.7 Å². The highest BCUT2D eigenvalue weighted by molar-refractivity contribution is 5.88. The standard InChI is InChI=1S/C18H14FNO2/c1-11-10-15-17(22-11)14-4-2-3-5-16(14)20(18(15)21)13-8-6-12(19)7-9-13/h2-9,11H,10H2,1H3. The lowest BCUT2D eigenvalue weighted by molar-refractivity contribution is 0.257. The molecule has 0 saturated heterocycles. The Morgan fingerprint density at radius 3 is 2.64 bits per heavy atom. The number of hydrogen-bond donors (Lipinski definition) is 0. The summed E-state index contributed by atoms with van der Waals surface area (Å²) in [6.45, 7) is 1.95.